The summed E-state index contributed by atoms with van der Waals surface area (Å²) in [5.41, 5.74) is 0.228. The topological polar surface area (TPSA) is 102 Å². The molecule has 0 fully saturated rings. The number of aromatic nitrogens is 2. The molecule has 0 radical (unpaired) electrons. The molecule has 0 aliphatic heterocycles. The zero-order valence-electron chi connectivity index (χ0n) is 17.6. The summed E-state index contributed by atoms with van der Waals surface area (Å²) >= 11 is 5.93. The number of hydrogen-bond acceptors (Lipinski definition) is 6. The second kappa shape index (κ2) is 9.58. The maximum Gasteiger partial charge on any atom is 0.279 e. The Morgan fingerprint density at radius 2 is 1.88 bits per heavy atom. The number of sulfonamides is 1. The summed E-state index contributed by atoms with van der Waals surface area (Å²) in [5, 5.41) is 3.44. The molecule has 2 N–H and O–H groups in total. The van der Waals surface area contributed by atoms with Gasteiger partial charge in [-0.1, -0.05) is 23.7 Å². The molecule has 1 aromatic heterocycles. The highest BCUT2D eigenvalue weighted by atomic mass is 35.5. The van der Waals surface area contributed by atoms with Crippen molar-refractivity contribution in [2.45, 2.75) is 26.5 Å². The summed E-state index contributed by atoms with van der Waals surface area (Å²) in [4.78, 5) is 17.2. The molecule has 0 unspecified atom stereocenters. The number of nitrogens with one attached hydrogen (secondary N) is 2. The molecule has 2 aromatic carbocycles. The van der Waals surface area contributed by atoms with Crippen molar-refractivity contribution in [1.82, 2.24) is 9.55 Å². The van der Waals surface area contributed by atoms with Gasteiger partial charge in [0.1, 0.15) is 5.69 Å². The van der Waals surface area contributed by atoms with E-state index < -0.39 is 21.4 Å². The highest BCUT2D eigenvalue weighted by Gasteiger charge is 2.15. The Morgan fingerprint density at radius 3 is 2.47 bits per heavy atom. The predicted octanol–water partition coefficient (Wildman–Crippen LogP) is 3.99. The fourth-order valence-electron chi connectivity index (χ4n) is 2.84. The first-order chi connectivity index (χ1) is 15.0. The van der Waals surface area contributed by atoms with Crippen molar-refractivity contribution in [3.63, 3.8) is 0 Å². The van der Waals surface area contributed by atoms with Crippen LogP contribution in [0.25, 0.3) is 0 Å². The number of hydrogen-bond donors (Lipinski definition) is 2. The molecule has 0 spiro atoms. The van der Waals surface area contributed by atoms with Gasteiger partial charge in [0.15, 0.2) is 11.6 Å². The number of nitrogens with zero attached hydrogens (tertiary/aromatic N) is 2. The van der Waals surface area contributed by atoms with Gasteiger partial charge in [0.25, 0.3) is 5.56 Å². The zero-order valence-corrected chi connectivity index (χ0v) is 19.2. The number of benzene rings is 2. The molecule has 0 aliphatic carbocycles. The second-order valence-electron chi connectivity index (χ2n) is 7.32. The summed E-state index contributed by atoms with van der Waals surface area (Å²) in [5.74, 6) is -0.378. The number of halogens is 2. The van der Waals surface area contributed by atoms with Crippen LogP contribution in [0, 0.1) is 5.82 Å². The average Bonchev–Trinajstić information content (AvgIpc) is 2.69. The minimum absolute atomic E-state index is 0.0711. The minimum Gasteiger partial charge on any atom is -0.488 e. The van der Waals surface area contributed by atoms with Crippen molar-refractivity contribution in [1.29, 1.82) is 0 Å². The Kier molecular flexibility index (Phi) is 7.05. The maximum atomic E-state index is 14.4. The lowest BCUT2D eigenvalue weighted by Gasteiger charge is -2.16. The highest BCUT2D eigenvalue weighted by molar-refractivity contribution is 7.92. The largest absolute Gasteiger partial charge is 0.488 e. The fraction of sp³-hybridized carbons (Fsp3) is 0.238. The van der Waals surface area contributed by atoms with E-state index in [1.807, 2.05) is 0 Å². The van der Waals surface area contributed by atoms with E-state index in [0.29, 0.717) is 10.7 Å². The van der Waals surface area contributed by atoms with E-state index in [-0.39, 0.29) is 30.0 Å². The highest BCUT2D eigenvalue weighted by Crippen LogP contribution is 2.24. The molecular weight excluding hydrogens is 459 g/mol. The van der Waals surface area contributed by atoms with E-state index in [1.54, 1.807) is 44.2 Å². The molecule has 0 saturated heterocycles. The molecule has 32 heavy (non-hydrogen) atoms. The van der Waals surface area contributed by atoms with Gasteiger partial charge in [0.05, 0.1) is 25.1 Å². The van der Waals surface area contributed by atoms with Crippen LogP contribution in [0.2, 0.25) is 5.02 Å². The van der Waals surface area contributed by atoms with Crippen molar-refractivity contribution >= 4 is 38.9 Å². The van der Waals surface area contributed by atoms with Gasteiger partial charge in [-0.2, -0.15) is 0 Å². The van der Waals surface area contributed by atoms with Gasteiger partial charge in [-0.25, -0.2) is 17.8 Å². The third kappa shape index (κ3) is 6.21. The summed E-state index contributed by atoms with van der Waals surface area (Å²) in [6.07, 6.45) is 1.85. The quantitative estimate of drug-likeness (QED) is 0.505. The number of ether oxygens (including phenoxy) is 1. The van der Waals surface area contributed by atoms with E-state index >= 15 is 0 Å². The SMILES string of the molecule is CC(C)Oc1ccc(Nc2ncc(NS(C)(=O)=O)c(=O)n2Cc2ccc(Cl)cc2)cc1F. The normalized spacial score (nSPS) is 11.4. The van der Waals surface area contributed by atoms with Crippen LogP contribution in [-0.2, 0) is 16.6 Å². The standard InChI is InChI=1S/C21H22ClFN4O4S/c1-13(2)31-19-9-8-16(10-17(19)23)25-21-24-11-18(26-32(3,29)30)20(28)27(21)12-14-4-6-15(22)7-5-14/h4-11,13,26H,12H2,1-3H3,(H,24,25). The zero-order chi connectivity index (χ0) is 23.5. The average molecular weight is 481 g/mol. The van der Waals surface area contributed by atoms with Gasteiger partial charge in [-0.15, -0.1) is 0 Å². The Labute approximate surface area is 190 Å². The molecule has 0 bridgehead atoms. The third-order valence-electron chi connectivity index (χ3n) is 4.15. The van der Waals surface area contributed by atoms with Gasteiger partial charge >= 0.3 is 0 Å². The minimum atomic E-state index is -3.69. The Hall–Kier alpha value is -3.11. The van der Waals surface area contributed by atoms with Crippen LogP contribution in [0.1, 0.15) is 19.4 Å². The molecule has 1 heterocycles. The summed E-state index contributed by atoms with van der Waals surface area (Å²) < 4.78 is 46.4. The van der Waals surface area contributed by atoms with Crippen LogP contribution in [0.4, 0.5) is 21.7 Å². The Balaban J connectivity index is 2.00. The van der Waals surface area contributed by atoms with Crippen molar-refractivity contribution < 1.29 is 17.5 Å². The molecule has 0 amide bonds. The van der Waals surface area contributed by atoms with E-state index in [4.69, 9.17) is 16.3 Å². The van der Waals surface area contributed by atoms with Crippen molar-refractivity contribution in [2.75, 3.05) is 16.3 Å². The number of rotatable bonds is 8. The first kappa shape index (κ1) is 23.6. The first-order valence-corrected chi connectivity index (χ1v) is 11.8. The van der Waals surface area contributed by atoms with Gasteiger partial charge in [-0.05, 0) is 43.7 Å². The predicted molar refractivity (Wildman–Crippen MR) is 123 cm³/mol. The van der Waals surface area contributed by atoms with E-state index in [9.17, 15) is 17.6 Å². The maximum absolute atomic E-state index is 14.4. The molecule has 0 atom stereocenters. The molecular formula is C21H22ClFN4O4S. The van der Waals surface area contributed by atoms with Crippen molar-refractivity contribution in [3.05, 3.63) is 75.4 Å². The van der Waals surface area contributed by atoms with Crippen LogP contribution in [-0.4, -0.2) is 30.3 Å². The molecule has 170 valence electrons. The van der Waals surface area contributed by atoms with Crippen molar-refractivity contribution in [3.8, 4) is 5.75 Å². The molecule has 0 aliphatic rings. The molecule has 3 aromatic rings. The molecule has 3 rings (SSSR count). The fourth-order valence-corrected chi connectivity index (χ4v) is 3.50. The van der Waals surface area contributed by atoms with Crippen LogP contribution in [0.15, 0.2) is 53.5 Å². The third-order valence-corrected chi connectivity index (χ3v) is 4.99. The number of anilines is 3. The summed E-state index contributed by atoms with van der Waals surface area (Å²) in [6, 6.07) is 11.1. The van der Waals surface area contributed by atoms with Crippen LogP contribution in [0.5, 0.6) is 5.75 Å². The van der Waals surface area contributed by atoms with E-state index in [0.717, 1.165) is 18.0 Å². The lowest BCUT2D eigenvalue weighted by molar-refractivity contribution is 0.231. The van der Waals surface area contributed by atoms with Gasteiger partial charge in [0, 0.05) is 16.8 Å². The van der Waals surface area contributed by atoms with Gasteiger partial charge in [0.2, 0.25) is 16.0 Å². The smallest absolute Gasteiger partial charge is 0.279 e. The molecule has 11 heteroatoms. The Morgan fingerprint density at radius 1 is 1.19 bits per heavy atom. The van der Waals surface area contributed by atoms with E-state index in [2.05, 4.69) is 15.0 Å². The summed E-state index contributed by atoms with van der Waals surface area (Å²) in [7, 11) is -3.69. The van der Waals surface area contributed by atoms with Gasteiger partial charge in [-0.3, -0.25) is 14.1 Å². The lowest BCUT2D eigenvalue weighted by Crippen LogP contribution is -2.28. The second-order valence-corrected chi connectivity index (χ2v) is 9.51. The molecule has 0 saturated carbocycles. The van der Waals surface area contributed by atoms with Gasteiger partial charge < -0.3 is 10.1 Å². The van der Waals surface area contributed by atoms with Crippen LogP contribution < -0.4 is 20.3 Å². The van der Waals surface area contributed by atoms with Crippen molar-refractivity contribution in [2.24, 2.45) is 0 Å². The summed E-state index contributed by atoms with van der Waals surface area (Å²) in [6.45, 7) is 3.65. The monoisotopic (exact) mass is 480 g/mol. The van der Waals surface area contributed by atoms with Crippen LogP contribution >= 0.6 is 11.6 Å². The van der Waals surface area contributed by atoms with E-state index in [1.165, 1.54) is 16.7 Å². The Bertz CT molecular complexity index is 1280. The molecule has 8 nitrogen and oxygen atoms in total. The lowest BCUT2D eigenvalue weighted by atomic mass is 10.2. The van der Waals surface area contributed by atoms with Crippen LogP contribution in [0.3, 0.4) is 0 Å². The first-order valence-electron chi connectivity index (χ1n) is 9.57.